The number of fused-ring (bicyclic) bond motifs is 4. The average molecular weight is 258 g/mol. The summed E-state index contributed by atoms with van der Waals surface area (Å²) < 4.78 is 5.26. The van der Waals surface area contributed by atoms with Gasteiger partial charge in [0.15, 0.2) is 0 Å². The van der Waals surface area contributed by atoms with Crippen molar-refractivity contribution in [1.82, 2.24) is 0 Å². The van der Waals surface area contributed by atoms with E-state index < -0.39 is 5.41 Å². The first-order chi connectivity index (χ1) is 9.16. The molecule has 2 aliphatic carbocycles. The van der Waals surface area contributed by atoms with Crippen LogP contribution in [0.3, 0.4) is 0 Å². The second-order valence-corrected chi connectivity index (χ2v) is 5.60. The highest BCUT2D eigenvalue weighted by Gasteiger charge is 2.50. The third-order valence-corrected chi connectivity index (χ3v) is 4.50. The van der Waals surface area contributed by atoms with E-state index >= 15 is 0 Å². The van der Waals surface area contributed by atoms with Crippen LogP contribution in [0.1, 0.15) is 43.2 Å². The maximum atomic E-state index is 12.3. The van der Waals surface area contributed by atoms with E-state index in [1.54, 1.807) is 0 Å². The summed E-state index contributed by atoms with van der Waals surface area (Å²) in [7, 11) is 0. The fourth-order valence-electron chi connectivity index (χ4n) is 3.53. The molecule has 0 radical (unpaired) electrons. The number of carbonyl (C=O) groups is 2. The summed E-state index contributed by atoms with van der Waals surface area (Å²) in [6.07, 6.45) is 2.47. The molecule has 2 bridgehead atoms. The van der Waals surface area contributed by atoms with Gasteiger partial charge in [-0.2, -0.15) is 0 Å². The first kappa shape index (κ1) is 12.4. The number of hydrogen-bond acceptors (Lipinski definition) is 3. The smallest absolute Gasteiger partial charge is 0.312 e. The van der Waals surface area contributed by atoms with Crippen molar-refractivity contribution >= 4 is 11.8 Å². The summed E-state index contributed by atoms with van der Waals surface area (Å²) in [5.74, 6) is 0.0391. The van der Waals surface area contributed by atoms with Gasteiger partial charge in [-0.05, 0) is 37.3 Å². The molecular formula is C16H18O3. The fraction of sp³-hybridized carbons (Fsp3) is 0.500. The van der Waals surface area contributed by atoms with Crippen molar-refractivity contribution in [3.8, 4) is 0 Å². The van der Waals surface area contributed by atoms with E-state index in [1.807, 2.05) is 31.2 Å². The molecule has 1 fully saturated rings. The van der Waals surface area contributed by atoms with Crippen molar-refractivity contribution in [2.75, 3.05) is 6.61 Å². The van der Waals surface area contributed by atoms with Crippen molar-refractivity contribution in [1.29, 1.82) is 0 Å². The van der Waals surface area contributed by atoms with Crippen LogP contribution in [0, 0.1) is 5.41 Å². The molecule has 19 heavy (non-hydrogen) atoms. The number of Topliss-reactive ketones (excluding diaryl/α,β-unsaturated/α-hetero) is 1. The Kier molecular flexibility index (Phi) is 2.92. The zero-order valence-electron chi connectivity index (χ0n) is 11.1. The first-order valence-electron chi connectivity index (χ1n) is 6.94. The number of ketones is 1. The Morgan fingerprint density at radius 1 is 1.42 bits per heavy atom. The molecule has 0 heterocycles. The molecule has 2 atom stereocenters. The molecule has 1 aromatic carbocycles. The highest BCUT2D eigenvalue weighted by atomic mass is 16.5. The minimum Gasteiger partial charge on any atom is -0.466 e. The second-order valence-electron chi connectivity index (χ2n) is 5.60. The van der Waals surface area contributed by atoms with Crippen LogP contribution in [0.2, 0.25) is 0 Å². The first-order valence-corrected chi connectivity index (χ1v) is 6.94. The molecule has 2 unspecified atom stereocenters. The second kappa shape index (κ2) is 4.48. The van der Waals surface area contributed by atoms with E-state index in [4.69, 9.17) is 4.74 Å². The Hall–Kier alpha value is -1.64. The van der Waals surface area contributed by atoms with E-state index in [9.17, 15) is 9.59 Å². The highest BCUT2D eigenvalue weighted by molar-refractivity contribution is 5.91. The van der Waals surface area contributed by atoms with Gasteiger partial charge in [-0.15, -0.1) is 0 Å². The minimum atomic E-state index is -0.469. The lowest BCUT2D eigenvalue weighted by molar-refractivity contribution is -0.159. The standard InChI is InChI=1S/C16H18O3/c1-2-19-15(18)16-8-7-14(17)13(10-16)12-6-4-3-5-11(12)9-16/h3-6,13H,2,7-10H2,1H3. The molecule has 0 N–H and O–H groups in total. The van der Waals surface area contributed by atoms with Crippen molar-refractivity contribution in [2.45, 2.75) is 38.5 Å². The van der Waals surface area contributed by atoms with Gasteiger partial charge in [-0.25, -0.2) is 0 Å². The van der Waals surface area contributed by atoms with Gasteiger partial charge in [0.2, 0.25) is 0 Å². The van der Waals surface area contributed by atoms with Crippen molar-refractivity contribution in [3.05, 3.63) is 35.4 Å². The molecule has 3 heteroatoms. The number of ether oxygens (including phenoxy) is 1. The lowest BCUT2D eigenvalue weighted by Crippen LogP contribution is -2.45. The van der Waals surface area contributed by atoms with Crippen molar-refractivity contribution < 1.29 is 14.3 Å². The van der Waals surface area contributed by atoms with Gasteiger partial charge < -0.3 is 4.74 Å². The third kappa shape index (κ3) is 1.88. The van der Waals surface area contributed by atoms with Crippen LogP contribution < -0.4 is 0 Å². The summed E-state index contributed by atoms with van der Waals surface area (Å²) in [6, 6.07) is 8.01. The van der Waals surface area contributed by atoms with E-state index in [2.05, 4.69) is 0 Å². The molecule has 0 spiro atoms. The van der Waals surface area contributed by atoms with Crippen molar-refractivity contribution in [2.24, 2.45) is 5.41 Å². The third-order valence-electron chi connectivity index (χ3n) is 4.50. The zero-order chi connectivity index (χ0) is 13.5. The number of benzene rings is 1. The van der Waals surface area contributed by atoms with Gasteiger partial charge in [-0.3, -0.25) is 9.59 Å². The number of rotatable bonds is 2. The van der Waals surface area contributed by atoms with Crippen LogP contribution in [0.15, 0.2) is 24.3 Å². The van der Waals surface area contributed by atoms with E-state index in [-0.39, 0.29) is 17.7 Å². The van der Waals surface area contributed by atoms with Crippen LogP contribution >= 0.6 is 0 Å². The average Bonchev–Trinajstić information content (AvgIpc) is 2.43. The monoisotopic (exact) mass is 258 g/mol. The minimum absolute atomic E-state index is 0.108. The Morgan fingerprint density at radius 3 is 3.00 bits per heavy atom. The maximum absolute atomic E-state index is 12.3. The van der Waals surface area contributed by atoms with Crippen LogP contribution in [0.5, 0.6) is 0 Å². The Labute approximate surface area is 113 Å². The molecule has 0 amide bonds. The van der Waals surface area contributed by atoms with Gasteiger partial charge >= 0.3 is 5.97 Å². The zero-order valence-corrected chi connectivity index (χ0v) is 11.1. The SMILES string of the molecule is CCOC(=O)C12CCC(=O)C(C1)c1ccccc1C2. The quantitative estimate of drug-likeness (QED) is 0.766. The van der Waals surface area contributed by atoms with Gasteiger partial charge in [0.05, 0.1) is 12.0 Å². The van der Waals surface area contributed by atoms with Crippen LogP contribution in [0.25, 0.3) is 0 Å². The lowest BCUT2D eigenvalue weighted by Gasteiger charge is -2.43. The number of hydrogen-bond donors (Lipinski definition) is 0. The lowest BCUT2D eigenvalue weighted by atomic mass is 9.59. The highest BCUT2D eigenvalue weighted by Crippen LogP contribution is 2.50. The van der Waals surface area contributed by atoms with Crippen LogP contribution in [-0.4, -0.2) is 18.4 Å². The van der Waals surface area contributed by atoms with Crippen LogP contribution in [-0.2, 0) is 20.7 Å². The Bertz CT molecular complexity index is 535. The number of carbonyl (C=O) groups excluding carboxylic acids is 2. The van der Waals surface area contributed by atoms with Crippen molar-refractivity contribution in [3.63, 3.8) is 0 Å². The van der Waals surface area contributed by atoms with Crippen LogP contribution in [0.4, 0.5) is 0 Å². The van der Waals surface area contributed by atoms with Gasteiger partial charge in [0.1, 0.15) is 5.78 Å². The molecule has 100 valence electrons. The van der Waals surface area contributed by atoms with Gasteiger partial charge in [0, 0.05) is 12.3 Å². The maximum Gasteiger partial charge on any atom is 0.312 e. The molecule has 3 rings (SSSR count). The molecule has 1 saturated carbocycles. The molecule has 0 saturated heterocycles. The fourth-order valence-corrected chi connectivity index (χ4v) is 3.53. The summed E-state index contributed by atoms with van der Waals surface area (Å²) in [5, 5.41) is 0. The predicted molar refractivity (Wildman–Crippen MR) is 70.8 cm³/mol. The molecule has 3 nitrogen and oxygen atoms in total. The Balaban J connectivity index is 2.03. The van der Waals surface area contributed by atoms with E-state index in [0.717, 1.165) is 11.1 Å². The summed E-state index contributed by atoms with van der Waals surface area (Å²) in [6.45, 7) is 2.23. The molecule has 0 aromatic heterocycles. The Morgan fingerprint density at radius 2 is 2.21 bits per heavy atom. The van der Waals surface area contributed by atoms with Gasteiger partial charge in [0.25, 0.3) is 0 Å². The summed E-state index contributed by atoms with van der Waals surface area (Å²) in [4.78, 5) is 24.5. The largest absolute Gasteiger partial charge is 0.466 e. The topological polar surface area (TPSA) is 43.4 Å². The van der Waals surface area contributed by atoms with Gasteiger partial charge in [-0.1, -0.05) is 24.3 Å². The summed E-state index contributed by atoms with van der Waals surface area (Å²) in [5.41, 5.74) is 1.79. The molecule has 1 aromatic rings. The normalized spacial score (nSPS) is 28.7. The van der Waals surface area contributed by atoms with E-state index in [0.29, 0.717) is 32.3 Å². The molecule has 0 aliphatic heterocycles. The summed E-state index contributed by atoms with van der Waals surface area (Å²) >= 11 is 0. The molecule has 2 aliphatic rings. The molecular weight excluding hydrogens is 240 g/mol. The van der Waals surface area contributed by atoms with E-state index in [1.165, 1.54) is 0 Å². The predicted octanol–water partition coefficient (Wildman–Crippen LogP) is 2.63. The number of esters is 1.